The number of piperidine rings is 1. The van der Waals surface area contributed by atoms with Crippen molar-refractivity contribution in [3.63, 3.8) is 0 Å². The average molecular weight is 667 g/mol. The molecule has 240 valence electrons. The number of carboxylic acid groups (broad SMARTS) is 1. The van der Waals surface area contributed by atoms with Gasteiger partial charge in [-0.25, -0.2) is 18.0 Å². The highest BCUT2D eigenvalue weighted by Gasteiger charge is 2.55. The van der Waals surface area contributed by atoms with Crippen LogP contribution in [0.3, 0.4) is 0 Å². The van der Waals surface area contributed by atoms with Gasteiger partial charge in [-0.15, -0.1) is 24.8 Å². The van der Waals surface area contributed by atoms with Crippen LogP contribution in [-0.4, -0.2) is 54.4 Å². The molecule has 2 fully saturated rings. The van der Waals surface area contributed by atoms with E-state index in [9.17, 15) is 36.2 Å². The number of halogens is 8. The first-order chi connectivity index (χ1) is 20.0. The second kappa shape index (κ2) is 14.7. The summed E-state index contributed by atoms with van der Waals surface area (Å²) in [4.78, 5) is 13.7. The van der Waals surface area contributed by atoms with E-state index in [0.29, 0.717) is 48.4 Å². The molecule has 0 aromatic heterocycles. The Morgan fingerprint density at radius 3 is 2.09 bits per heavy atom. The van der Waals surface area contributed by atoms with Gasteiger partial charge in [-0.1, -0.05) is 12.1 Å². The molecule has 0 amide bonds. The van der Waals surface area contributed by atoms with E-state index in [1.807, 2.05) is 4.90 Å². The molecule has 1 saturated heterocycles. The van der Waals surface area contributed by atoms with Crippen LogP contribution in [-0.2, 0) is 23.9 Å². The Morgan fingerprint density at radius 2 is 1.50 bits per heavy atom. The van der Waals surface area contributed by atoms with Gasteiger partial charge in [0.15, 0.2) is 17.7 Å². The molecule has 0 bridgehead atoms. The minimum Gasteiger partial charge on any atom is -0.492 e. The monoisotopic (exact) mass is 666 g/mol. The lowest BCUT2D eigenvalue weighted by Crippen LogP contribution is -2.33. The molecule has 2 N–H and O–H groups in total. The van der Waals surface area contributed by atoms with Gasteiger partial charge in [-0.05, 0) is 59.9 Å². The van der Waals surface area contributed by atoms with Gasteiger partial charge in [0.25, 0.3) is 0 Å². The minimum atomic E-state index is -4.50. The van der Waals surface area contributed by atoms with Crippen LogP contribution in [0.15, 0.2) is 60.7 Å². The zero-order valence-electron chi connectivity index (χ0n) is 23.0. The molecule has 4 atom stereocenters. The topological polar surface area (TPSA) is 71.0 Å². The average Bonchev–Trinajstić information content (AvgIpc) is 3.39. The standard InChI is InChI=1S/C30H28F6N2O4.2ClH/c31-24-13-26(33)25(32)12-18(24)14-38-15-22-23(16-38)28(22)37-9-10-41-20-5-1-17(2-6-20)11-27(29(39)40)42-21-7-3-19(4-8-21)30(34,35)36;;/h1-8,12-13,22-23,27-28,37H,9-11,14-16H2,(H,39,40);2*1H/t22-,23?,27-,28?;;/m0../s1. The maximum absolute atomic E-state index is 13.9. The van der Waals surface area contributed by atoms with Crippen LogP contribution in [0.1, 0.15) is 16.7 Å². The highest BCUT2D eigenvalue weighted by Crippen LogP contribution is 2.45. The maximum atomic E-state index is 13.9. The Labute approximate surface area is 262 Å². The maximum Gasteiger partial charge on any atom is 0.416 e. The molecule has 3 aromatic rings. The predicted octanol–water partition coefficient (Wildman–Crippen LogP) is 6.14. The van der Waals surface area contributed by atoms with Crippen molar-refractivity contribution in [2.24, 2.45) is 11.8 Å². The second-order valence-electron chi connectivity index (χ2n) is 10.5. The van der Waals surface area contributed by atoms with Crippen molar-refractivity contribution in [3.8, 4) is 11.5 Å². The second-order valence-corrected chi connectivity index (χ2v) is 10.5. The number of benzene rings is 3. The Morgan fingerprint density at radius 1 is 0.909 bits per heavy atom. The summed E-state index contributed by atoms with van der Waals surface area (Å²) in [5, 5.41) is 13.0. The summed E-state index contributed by atoms with van der Waals surface area (Å²) in [5.74, 6) is -2.82. The lowest BCUT2D eigenvalue weighted by Gasteiger charge is -2.20. The first-order valence-corrected chi connectivity index (χ1v) is 13.4. The summed E-state index contributed by atoms with van der Waals surface area (Å²) in [7, 11) is 0. The zero-order chi connectivity index (χ0) is 30.0. The third-order valence-electron chi connectivity index (χ3n) is 7.58. The molecule has 1 heterocycles. The van der Waals surface area contributed by atoms with Gasteiger partial charge >= 0.3 is 12.1 Å². The molecule has 3 aromatic carbocycles. The number of hydrogen-bond donors (Lipinski definition) is 2. The number of fused-ring (bicyclic) bond motifs is 1. The number of likely N-dealkylation sites (tertiary alicyclic amines) is 1. The van der Waals surface area contributed by atoms with E-state index in [2.05, 4.69) is 5.32 Å². The molecule has 6 nitrogen and oxygen atoms in total. The lowest BCUT2D eigenvalue weighted by molar-refractivity contribution is -0.145. The minimum absolute atomic E-state index is 0. The number of ether oxygens (including phenoxy) is 2. The van der Waals surface area contributed by atoms with Crippen molar-refractivity contribution >= 4 is 30.8 Å². The van der Waals surface area contributed by atoms with Crippen molar-refractivity contribution < 1.29 is 45.7 Å². The number of rotatable bonds is 12. The molecule has 2 aliphatic rings. The van der Waals surface area contributed by atoms with E-state index >= 15 is 0 Å². The highest BCUT2D eigenvalue weighted by atomic mass is 35.5. The van der Waals surface area contributed by atoms with E-state index in [4.69, 9.17) is 9.47 Å². The van der Waals surface area contributed by atoms with Crippen molar-refractivity contribution in [2.75, 3.05) is 26.2 Å². The van der Waals surface area contributed by atoms with Crippen LogP contribution < -0.4 is 14.8 Å². The van der Waals surface area contributed by atoms with E-state index in [-0.39, 0.29) is 49.1 Å². The van der Waals surface area contributed by atoms with Crippen molar-refractivity contribution in [1.82, 2.24) is 10.2 Å². The summed E-state index contributed by atoms with van der Waals surface area (Å²) in [6, 6.07) is 12.5. The molecule has 0 spiro atoms. The fraction of sp³-hybridized carbons (Fsp3) is 0.367. The number of carbonyl (C=O) groups is 1. The molecule has 1 saturated carbocycles. The third kappa shape index (κ3) is 8.71. The predicted molar refractivity (Wildman–Crippen MR) is 154 cm³/mol. The smallest absolute Gasteiger partial charge is 0.416 e. The summed E-state index contributed by atoms with van der Waals surface area (Å²) in [6.45, 7) is 2.70. The van der Waals surface area contributed by atoms with Crippen LogP contribution in [0, 0.1) is 29.3 Å². The van der Waals surface area contributed by atoms with E-state index in [1.165, 1.54) is 0 Å². The third-order valence-corrected chi connectivity index (χ3v) is 7.58. The molecule has 44 heavy (non-hydrogen) atoms. The fourth-order valence-electron chi connectivity index (χ4n) is 5.37. The molecule has 14 heteroatoms. The van der Waals surface area contributed by atoms with Crippen molar-refractivity contribution in [2.45, 2.75) is 31.3 Å². The number of nitrogens with one attached hydrogen (secondary N) is 1. The molecule has 5 rings (SSSR count). The van der Waals surface area contributed by atoms with E-state index in [0.717, 1.165) is 43.4 Å². The summed E-state index contributed by atoms with van der Waals surface area (Å²) >= 11 is 0. The number of nitrogens with zero attached hydrogens (tertiary/aromatic N) is 1. The van der Waals surface area contributed by atoms with Gasteiger partial charge < -0.3 is 19.9 Å². The van der Waals surface area contributed by atoms with Gasteiger partial charge in [0.2, 0.25) is 0 Å². The number of hydrogen-bond acceptors (Lipinski definition) is 5. The molecular formula is C30H30Cl2F6N2O4. The van der Waals surface area contributed by atoms with Crippen LogP contribution >= 0.6 is 24.8 Å². The van der Waals surface area contributed by atoms with Crippen LogP contribution in [0.5, 0.6) is 11.5 Å². The van der Waals surface area contributed by atoms with Crippen LogP contribution in [0.4, 0.5) is 26.3 Å². The van der Waals surface area contributed by atoms with Gasteiger partial charge in [0.05, 0.1) is 5.56 Å². The number of aliphatic carboxylic acids is 1. The Hall–Kier alpha value is -3.19. The van der Waals surface area contributed by atoms with Gasteiger partial charge in [0.1, 0.15) is 23.9 Å². The Balaban J connectivity index is 0.00000264. The number of carboxylic acids is 1. The Kier molecular flexibility index (Phi) is 11.8. The quantitative estimate of drug-likeness (QED) is 0.138. The van der Waals surface area contributed by atoms with Crippen LogP contribution in [0.2, 0.25) is 0 Å². The summed E-state index contributed by atoms with van der Waals surface area (Å²) in [5.41, 5.74) is -0.0584. The largest absolute Gasteiger partial charge is 0.492 e. The van der Waals surface area contributed by atoms with Crippen molar-refractivity contribution in [3.05, 3.63) is 94.8 Å². The normalized spacial score (nSPS) is 19.7. The van der Waals surface area contributed by atoms with Gasteiger partial charge in [0, 0.05) is 50.3 Å². The van der Waals surface area contributed by atoms with Gasteiger partial charge in [-0.3, -0.25) is 4.90 Å². The fourth-order valence-corrected chi connectivity index (χ4v) is 5.37. The van der Waals surface area contributed by atoms with Crippen LogP contribution in [0.25, 0.3) is 0 Å². The molecular weight excluding hydrogens is 637 g/mol. The SMILES string of the molecule is Cl.Cl.O=C(O)[C@H](Cc1ccc(OCCNC2C3CN(Cc4cc(F)c(F)cc4F)C[C@@H]32)cc1)Oc1ccc(C(F)(F)F)cc1. The van der Waals surface area contributed by atoms with E-state index in [1.54, 1.807) is 24.3 Å². The molecule has 1 aliphatic carbocycles. The van der Waals surface area contributed by atoms with Gasteiger partial charge in [-0.2, -0.15) is 13.2 Å². The highest BCUT2D eigenvalue weighted by molar-refractivity contribution is 5.85. The summed E-state index contributed by atoms with van der Waals surface area (Å²) < 4.78 is 89.9. The Bertz CT molecular complexity index is 1400. The molecule has 2 unspecified atom stereocenters. The lowest BCUT2D eigenvalue weighted by atomic mass is 10.1. The first-order valence-electron chi connectivity index (χ1n) is 13.4. The number of alkyl halides is 3. The summed E-state index contributed by atoms with van der Waals surface area (Å²) in [6.07, 6.45) is -5.78. The zero-order valence-corrected chi connectivity index (χ0v) is 24.7. The molecule has 1 aliphatic heterocycles. The first kappa shape index (κ1) is 35.3. The van der Waals surface area contributed by atoms with E-state index < -0.39 is 41.3 Å². The molecule has 0 radical (unpaired) electrons. The van der Waals surface area contributed by atoms with Crippen molar-refractivity contribution in [1.29, 1.82) is 0 Å².